The van der Waals surface area contributed by atoms with Gasteiger partial charge in [-0.2, -0.15) is 5.26 Å². The van der Waals surface area contributed by atoms with E-state index in [0.29, 0.717) is 24.9 Å². The Morgan fingerprint density at radius 1 is 1.46 bits per heavy atom. The summed E-state index contributed by atoms with van der Waals surface area (Å²) in [5.74, 6) is 0.958. The lowest BCUT2D eigenvalue weighted by molar-refractivity contribution is -0.907. The number of nitrogens with one attached hydrogen (secondary N) is 2. The van der Waals surface area contributed by atoms with Crippen molar-refractivity contribution in [3.8, 4) is 16.8 Å². The first-order valence-electron chi connectivity index (χ1n) is 9.06. The molecule has 1 amide bonds. The van der Waals surface area contributed by atoms with Crippen LogP contribution in [-0.2, 0) is 11.3 Å². The Bertz CT molecular complexity index is 759. The number of carbonyl (C=O) groups is 1. The highest BCUT2D eigenvalue weighted by Gasteiger charge is 2.36. The average molecular weight is 374 g/mol. The van der Waals surface area contributed by atoms with Crippen LogP contribution < -0.4 is 10.2 Å². The SMILES string of the molecule is CCC[NH+](CC(=O)NC1(C#N)CCCC1)Cc1nnc(-c2cccs2)o1. The zero-order valence-corrected chi connectivity index (χ0v) is 15.8. The van der Waals surface area contributed by atoms with Crippen molar-refractivity contribution in [2.24, 2.45) is 0 Å². The predicted octanol–water partition coefficient (Wildman–Crippen LogP) is 1.55. The van der Waals surface area contributed by atoms with E-state index in [9.17, 15) is 10.1 Å². The highest BCUT2D eigenvalue weighted by atomic mass is 32.1. The average Bonchev–Trinajstić information content (AvgIpc) is 3.36. The van der Waals surface area contributed by atoms with E-state index in [-0.39, 0.29) is 5.91 Å². The third-order valence-corrected chi connectivity index (χ3v) is 5.52. The topological polar surface area (TPSA) is 96.2 Å². The Kier molecular flexibility index (Phi) is 6.01. The van der Waals surface area contributed by atoms with Gasteiger partial charge >= 0.3 is 0 Å². The minimum Gasteiger partial charge on any atom is -0.414 e. The first-order valence-corrected chi connectivity index (χ1v) is 9.94. The van der Waals surface area contributed by atoms with Crippen LogP contribution in [0.5, 0.6) is 0 Å². The zero-order valence-electron chi connectivity index (χ0n) is 15.0. The van der Waals surface area contributed by atoms with Gasteiger partial charge in [0.25, 0.3) is 17.7 Å². The second kappa shape index (κ2) is 8.43. The molecule has 1 saturated carbocycles. The van der Waals surface area contributed by atoms with Gasteiger partial charge in [-0.25, -0.2) is 0 Å². The van der Waals surface area contributed by atoms with Gasteiger partial charge in [-0.15, -0.1) is 21.5 Å². The van der Waals surface area contributed by atoms with Gasteiger partial charge in [0.15, 0.2) is 13.1 Å². The van der Waals surface area contributed by atoms with Crippen molar-refractivity contribution in [3.63, 3.8) is 0 Å². The van der Waals surface area contributed by atoms with Gasteiger partial charge in [0.2, 0.25) is 0 Å². The Hall–Kier alpha value is -2.24. The maximum Gasteiger partial charge on any atom is 0.276 e. The molecular weight excluding hydrogens is 350 g/mol. The van der Waals surface area contributed by atoms with Gasteiger partial charge in [0, 0.05) is 0 Å². The van der Waals surface area contributed by atoms with Crippen LogP contribution in [0.1, 0.15) is 44.9 Å². The molecule has 1 aliphatic carbocycles. The third-order valence-electron chi connectivity index (χ3n) is 4.66. The minimum atomic E-state index is -0.675. The third kappa shape index (κ3) is 4.48. The van der Waals surface area contributed by atoms with Crippen LogP contribution in [0.2, 0.25) is 0 Å². The summed E-state index contributed by atoms with van der Waals surface area (Å²) in [7, 11) is 0. The maximum atomic E-state index is 12.5. The van der Waals surface area contributed by atoms with E-state index in [1.54, 1.807) is 11.3 Å². The van der Waals surface area contributed by atoms with E-state index >= 15 is 0 Å². The van der Waals surface area contributed by atoms with Crippen LogP contribution in [0, 0.1) is 11.3 Å². The molecule has 3 rings (SSSR count). The standard InChI is InChI=1S/C18H23N5O2S/c1-2-9-23(11-15(24)20-18(13-19)7-3-4-8-18)12-16-21-22-17(25-16)14-6-5-10-26-14/h5-6,10H,2-4,7-9,11-12H2,1H3,(H,20,24)/p+1. The molecule has 0 radical (unpaired) electrons. The highest BCUT2D eigenvalue weighted by Crippen LogP contribution is 2.28. The first kappa shape index (κ1) is 18.5. The number of quaternary nitrogens is 1. The van der Waals surface area contributed by atoms with Crippen LogP contribution in [0.15, 0.2) is 21.9 Å². The number of rotatable bonds is 8. The number of aromatic nitrogens is 2. The molecule has 0 aliphatic heterocycles. The smallest absolute Gasteiger partial charge is 0.276 e. The van der Waals surface area contributed by atoms with E-state index in [2.05, 4.69) is 28.5 Å². The molecule has 26 heavy (non-hydrogen) atoms. The van der Waals surface area contributed by atoms with Crippen LogP contribution in [0.25, 0.3) is 10.8 Å². The molecule has 7 nitrogen and oxygen atoms in total. The van der Waals surface area contributed by atoms with Gasteiger partial charge in [-0.1, -0.05) is 13.0 Å². The number of thiophene rings is 1. The van der Waals surface area contributed by atoms with Crippen molar-refractivity contribution in [3.05, 3.63) is 23.4 Å². The predicted molar refractivity (Wildman–Crippen MR) is 97.3 cm³/mol. The van der Waals surface area contributed by atoms with Crippen molar-refractivity contribution < 1.29 is 14.1 Å². The van der Waals surface area contributed by atoms with E-state index in [4.69, 9.17) is 4.42 Å². The number of hydrogen-bond acceptors (Lipinski definition) is 6. The van der Waals surface area contributed by atoms with Crippen molar-refractivity contribution in [1.29, 1.82) is 5.26 Å². The lowest BCUT2D eigenvalue weighted by Crippen LogP contribution is -3.12. The number of carbonyl (C=O) groups excluding carboxylic acids is 1. The molecule has 2 aromatic rings. The fourth-order valence-corrected chi connectivity index (χ4v) is 4.06. The molecule has 0 bridgehead atoms. The largest absolute Gasteiger partial charge is 0.414 e. The fourth-order valence-electron chi connectivity index (χ4n) is 3.41. The molecule has 1 aliphatic rings. The summed E-state index contributed by atoms with van der Waals surface area (Å²) in [4.78, 5) is 14.5. The van der Waals surface area contributed by atoms with Crippen LogP contribution in [0.4, 0.5) is 0 Å². The van der Waals surface area contributed by atoms with E-state index in [1.165, 1.54) is 0 Å². The summed E-state index contributed by atoms with van der Waals surface area (Å²) in [6.45, 7) is 3.70. The van der Waals surface area contributed by atoms with E-state index < -0.39 is 5.54 Å². The van der Waals surface area contributed by atoms with E-state index in [0.717, 1.165) is 48.4 Å². The zero-order chi connectivity index (χ0) is 18.4. The van der Waals surface area contributed by atoms with Crippen molar-refractivity contribution in [1.82, 2.24) is 15.5 Å². The fraction of sp³-hybridized carbons (Fsp3) is 0.556. The van der Waals surface area contributed by atoms with Crippen molar-refractivity contribution in [2.75, 3.05) is 13.1 Å². The lowest BCUT2D eigenvalue weighted by Gasteiger charge is -2.23. The van der Waals surface area contributed by atoms with Crippen molar-refractivity contribution in [2.45, 2.75) is 51.1 Å². The molecule has 8 heteroatoms. The monoisotopic (exact) mass is 374 g/mol. The Morgan fingerprint density at radius 2 is 2.27 bits per heavy atom. The molecular formula is C18H24N5O2S+. The van der Waals surface area contributed by atoms with Crippen LogP contribution in [0.3, 0.4) is 0 Å². The molecule has 1 fully saturated rings. The van der Waals surface area contributed by atoms with Crippen molar-refractivity contribution >= 4 is 17.2 Å². The Balaban J connectivity index is 1.60. The second-order valence-corrected chi connectivity index (χ2v) is 7.73. The second-order valence-electron chi connectivity index (χ2n) is 6.78. The van der Waals surface area contributed by atoms with Crippen LogP contribution >= 0.6 is 11.3 Å². The normalized spacial score (nSPS) is 16.9. The molecule has 0 spiro atoms. The lowest BCUT2D eigenvalue weighted by atomic mass is 10.00. The Morgan fingerprint density at radius 3 is 2.92 bits per heavy atom. The van der Waals surface area contributed by atoms with Gasteiger partial charge in [0.05, 0.1) is 17.5 Å². The molecule has 2 aromatic heterocycles. The highest BCUT2D eigenvalue weighted by molar-refractivity contribution is 7.13. The van der Waals surface area contributed by atoms with Gasteiger partial charge in [-0.3, -0.25) is 4.79 Å². The minimum absolute atomic E-state index is 0.0881. The maximum absolute atomic E-state index is 12.5. The number of amides is 1. The summed E-state index contributed by atoms with van der Waals surface area (Å²) >= 11 is 1.55. The number of hydrogen-bond donors (Lipinski definition) is 2. The number of nitrogens with zero attached hydrogens (tertiary/aromatic N) is 3. The molecule has 1 atom stereocenters. The summed E-state index contributed by atoms with van der Waals surface area (Å²) < 4.78 is 5.74. The molecule has 138 valence electrons. The summed E-state index contributed by atoms with van der Waals surface area (Å²) in [6, 6.07) is 6.18. The summed E-state index contributed by atoms with van der Waals surface area (Å²) in [5.41, 5.74) is -0.675. The van der Waals surface area contributed by atoms with Crippen LogP contribution in [-0.4, -0.2) is 34.7 Å². The molecule has 0 saturated heterocycles. The van der Waals surface area contributed by atoms with Gasteiger partial charge in [-0.05, 0) is 43.6 Å². The molecule has 2 N–H and O–H groups in total. The van der Waals surface area contributed by atoms with Gasteiger partial charge in [0.1, 0.15) is 5.54 Å². The van der Waals surface area contributed by atoms with E-state index in [1.807, 2.05) is 17.5 Å². The molecule has 0 aromatic carbocycles. The molecule has 1 unspecified atom stereocenters. The quantitative estimate of drug-likeness (QED) is 0.731. The molecule has 2 heterocycles. The Labute approximate surface area is 157 Å². The first-order chi connectivity index (χ1) is 12.6. The summed E-state index contributed by atoms with van der Waals surface area (Å²) in [6.07, 6.45) is 4.41. The number of nitriles is 1. The van der Waals surface area contributed by atoms with Gasteiger partial charge < -0.3 is 14.6 Å². The summed E-state index contributed by atoms with van der Waals surface area (Å²) in [5, 5.41) is 22.6.